The highest BCUT2D eigenvalue weighted by molar-refractivity contribution is 6.35. The minimum atomic E-state index is -0.691. The molecule has 0 spiro atoms. The van der Waals surface area contributed by atoms with Crippen molar-refractivity contribution in [2.75, 3.05) is 46.4 Å². The number of piperazine rings is 1. The van der Waals surface area contributed by atoms with E-state index in [0.717, 1.165) is 12.1 Å². The van der Waals surface area contributed by atoms with Crippen LogP contribution in [0, 0.1) is 5.82 Å². The molecule has 0 bridgehead atoms. The lowest BCUT2D eigenvalue weighted by Crippen LogP contribution is -2.57. The lowest BCUT2D eigenvalue weighted by atomic mass is 9.96. The fourth-order valence-corrected chi connectivity index (χ4v) is 5.21. The van der Waals surface area contributed by atoms with Crippen LogP contribution in [-0.4, -0.2) is 89.0 Å². The number of rotatable bonds is 3. The van der Waals surface area contributed by atoms with Gasteiger partial charge in [0.05, 0.1) is 17.3 Å². The van der Waals surface area contributed by atoms with Gasteiger partial charge in [-0.3, -0.25) is 9.59 Å². The van der Waals surface area contributed by atoms with Crippen LogP contribution in [0.3, 0.4) is 0 Å². The third-order valence-electron chi connectivity index (χ3n) is 6.90. The molecule has 3 aliphatic rings. The molecule has 0 saturated carbocycles. The maximum Gasteiger partial charge on any atom is 0.260 e. The van der Waals surface area contributed by atoms with Gasteiger partial charge in [-0.05, 0) is 37.3 Å². The summed E-state index contributed by atoms with van der Waals surface area (Å²) in [4.78, 5) is 36.3. The van der Waals surface area contributed by atoms with Crippen LogP contribution in [0.1, 0.15) is 22.5 Å². The number of aromatic nitrogens is 1. The van der Waals surface area contributed by atoms with E-state index in [4.69, 9.17) is 16.3 Å². The molecule has 3 aliphatic heterocycles. The predicted molar refractivity (Wildman–Crippen MR) is 133 cm³/mol. The first kappa shape index (κ1) is 24.3. The van der Waals surface area contributed by atoms with E-state index >= 15 is 0 Å². The van der Waals surface area contributed by atoms with Crippen LogP contribution in [-0.2, 0) is 4.79 Å². The lowest BCUT2D eigenvalue weighted by Gasteiger charge is -2.39. The van der Waals surface area contributed by atoms with Crippen LogP contribution in [0.15, 0.2) is 36.9 Å². The van der Waals surface area contributed by atoms with Gasteiger partial charge in [-0.2, -0.15) is 0 Å². The monoisotopic (exact) mass is 512 g/mol. The molecule has 2 amide bonds. The number of nitrogens with zero attached hydrogens (tertiary/aromatic N) is 4. The number of phenolic OH excluding ortho intramolecular Hbond substituents is 1. The molecule has 1 N–H and O–H groups in total. The molecule has 5 rings (SSSR count). The highest BCUT2D eigenvalue weighted by Crippen LogP contribution is 2.45. The number of carbonyl (C=O) groups excluding carboxylic acids is 2. The third kappa shape index (κ3) is 4.12. The summed E-state index contributed by atoms with van der Waals surface area (Å²) in [5.74, 6) is -1.41. The summed E-state index contributed by atoms with van der Waals surface area (Å²) in [5, 5.41) is 10.4. The number of aromatic hydroxyl groups is 1. The van der Waals surface area contributed by atoms with Crippen molar-refractivity contribution < 1.29 is 23.8 Å². The van der Waals surface area contributed by atoms with Gasteiger partial charge in [0.1, 0.15) is 34.5 Å². The molecule has 4 heterocycles. The zero-order valence-electron chi connectivity index (χ0n) is 19.8. The molecule has 1 aromatic heterocycles. The molecule has 1 atom stereocenters. The van der Waals surface area contributed by atoms with Crippen LogP contribution in [0.2, 0.25) is 5.02 Å². The standard InChI is InChI=1S/C26H26ClFN4O4/c1-3-19(34)31-11-12-32-16(13-31)14-36-25-21(26(32)35)23(15-7-9-30(2)10-8-15)29-24(22(25)27)20-17(28)5-4-6-18(20)33/h3-7,16,33H,1,8-14H2,2H3/t16-/m1/s1. The number of hydrogen-bond donors (Lipinski definition) is 1. The number of likely N-dealkylation sites (N-methyl/N-ethyl adjacent to an activating group) is 1. The quantitative estimate of drug-likeness (QED) is 0.636. The first-order valence-electron chi connectivity index (χ1n) is 11.7. The maximum atomic E-state index is 14.9. The molecule has 8 nitrogen and oxygen atoms in total. The summed E-state index contributed by atoms with van der Waals surface area (Å²) in [5.41, 5.74) is 1.28. The van der Waals surface area contributed by atoms with Crippen molar-refractivity contribution in [2.24, 2.45) is 0 Å². The highest BCUT2D eigenvalue weighted by Gasteiger charge is 2.40. The van der Waals surface area contributed by atoms with Crippen molar-refractivity contribution in [2.45, 2.75) is 12.5 Å². The van der Waals surface area contributed by atoms with Crippen LogP contribution in [0.5, 0.6) is 11.5 Å². The minimum Gasteiger partial charge on any atom is -0.507 e. The number of carbonyl (C=O) groups is 2. The SMILES string of the molecule is C=CC(=O)N1CCN2C(=O)c3c(C4=CCN(C)CC4)nc(-c4c(O)cccc4F)c(Cl)c3OC[C@H]2C1. The second-order valence-electron chi connectivity index (χ2n) is 9.15. The number of phenols is 1. The zero-order valence-corrected chi connectivity index (χ0v) is 20.6. The van der Waals surface area contributed by atoms with Crippen molar-refractivity contribution in [3.8, 4) is 22.8 Å². The van der Waals surface area contributed by atoms with Gasteiger partial charge in [0, 0.05) is 32.7 Å². The van der Waals surface area contributed by atoms with Gasteiger partial charge in [0.25, 0.3) is 5.91 Å². The molecule has 1 fully saturated rings. The Bertz CT molecular complexity index is 1280. The van der Waals surface area contributed by atoms with Gasteiger partial charge in [0.2, 0.25) is 5.91 Å². The summed E-state index contributed by atoms with van der Waals surface area (Å²) < 4.78 is 21.0. The predicted octanol–water partition coefficient (Wildman–Crippen LogP) is 3.20. The van der Waals surface area contributed by atoms with Gasteiger partial charge in [0.15, 0.2) is 5.75 Å². The zero-order chi connectivity index (χ0) is 25.6. The fourth-order valence-electron chi connectivity index (χ4n) is 4.92. The molecule has 10 heteroatoms. The number of benzene rings is 1. The number of pyridine rings is 1. The lowest BCUT2D eigenvalue weighted by molar-refractivity contribution is -0.128. The van der Waals surface area contributed by atoms with Crippen LogP contribution in [0.25, 0.3) is 16.8 Å². The largest absolute Gasteiger partial charge is 0.507 e. The number of ether oxygens (including phenoxy) is 1. The fraction of sp³-hybridized carbons (Fsp3) is 0.346. The molecule has 2 aromatic rings. The van der Waals surface area contributed by atoms with Gasteiger partial charge in [-0.1, -0.05) is 30.3 Å². The van der Waals surface area contributed by atoms with E-state index < -0.39 is 11.9 Å². The van der Waals surface area contributed by atoms with Crippen molar-refractivity contribution in [3.05, 3.63) is 59.0 Å². The summed E-state index contributed by atoms with van der Waals surface area (Å²) in [7, 11) is 1.99. The normalized spacial score (nSPS) is 20.1. The molecular weight excluding hydrogens is 487 g/mol. The van der Waals surface area contributed by atoms with Crippen LogP contribution < -0.4 is 4.74 Å². The molecule has 0 unspecified atom stereocenters. The van der Waals surface area contributed by atoms with E-state index in [-0.39, 0.29) is 51.8 Å². The maximum absolute atomic E-state index is 14.9. The molecule has 1 saturated heterocycles. The van der Waals surface area contributed by atoms with E-state index in [9.17, 15) is 19.1 Å². The van der Waals surface area contributed by atoms with E-state index in [1.807, 2.05) is 13.1 Å². The molecule has 0 radical (unpaired) electrons. The third-order valence-corrected chi connectivity index (χ3v) is 7.25. The Labute approximate surface area is 213 Å². The van der Waals surface area contributed by atoms with Gasteiger partial charge in [-0.25, -0.2) is 9.37 Å². The second-order valence-corrected chi connectivity index (χ2v) is 9.53. The van der Waals surface area contributed by atoms with Crippen molar-refractivity contribution in [1.82, 2.24) is 19.7 Å². The van der Waals surface area contributed by atoms with Gasteiger partial charge >= 0.3 is 0 Å². The molecule has 36 heavy (non-hydrogen) atoms. The summed E-state index contributed by atoms with van der Waals surface area (Å²) in [6, 6.07) is 3.56. The Morgan fingerprint density at radius 3 is 2.78 bits per heavy atom. The first-order valence-corrected chi connectivity index (χ1v) is 12.1. The van der Waals surface area contributed by atoms with Crippen LogP contribution in [0.4, 0.5) is 4.39 Å². The van der Waals surface area contributed by atoms with Gasteiger partial charge in [-0.15, -0.1) is 0 Å². The number of hydrogen-bond acceptors (Lipinski definition) is 6. The Kier molecular flexibility index (Phi) is 6.44. The Balaban J connectivity index is 1.67. The Morgan fingerprint density at radius 1 is 1.28 bits per heavy atom. The Morgan fingerprint density at radius 2 is 2.08 bits per heavy atom. The molecule has 188 valence electrons. The van der Waals surface area contributed by atoms with Crippen molar-refractivity contribution in [1.29, 1.82) is 0 Å². The first-order chi connectivity index (χ1) is 17.3. The average molecular weight is 513 g/mol. The van der Waals surface area contributed by atoms with Crippen molar-refractivity contribution >= 4 is 29.0 Å². The second kappa shape index (κ2) is 9.55. The average Bonchev–Trinajstić information content (AvgIpc) is 3.02. The molecule has 0 aliphatic carbocycles. The smallest absolute Gasteiger partial charge is 0.260 e. The molecular formula is C26H26ClFN4O4. The van der Waals surface area contributed by atoms with E-state index in [2.05, 4.69) is 16.5 Å². The summed E-state index contributed by atoms with van der Waals surface area (Å²) in [6.45, 7) is 6.04. The summed E-state index contributed by atoms with van der Waals surface area (Å²) in [6.07, 6.45) is 3.86. The van der Waals surface area contributed by atoms with Gasteiger partial charge < -0.3 is 24.5 Å². The van der Waals surface area contributed by atoms with E-state index in [0.29, 0.717) is 38.3 Å². The molecule has 1 aromatic carbocycles. The number of amides is 2. The van der Waals surface area contributed by atoms with E-state index in [1.165, 1.54) is 24.3 Å². The Hall–Kier alpha value is -3.43. The number of halogens is 2. The van der Waals surface area contributed by atoms with E-state index in [1.54, 1.807) is 9.80 Å². The minimum absolute atomic E-state index is 0.0111. The highest BCUT2D eigenvalue weighted by atomic mass is 35.5. The topological polar surface area (TPSA) is 86.2 Å². The number of fused-ring (bicyclic) bond motifs is 2. The van der Waals surface area contributed by atoms with Crippen LogP contribution >= 0.6 is 11.6 Å². The summed E-state index contributed by atoms with van der Waals surface area (Å²) >= 11 is 6.73. The van der Waals surface area contributed by atoms with Crippen molar-refractivity contribution in [3.63, 3.8) is 0 Å².